The summed E-state index contributed by atoms with van der Waals surface area (Å²) in [7, 11) is -2.21. The number of hydrogen-bond acceptors (Lipinski definition) is 5. The van der Waals surface area contributed by atoms with Crippen molar-refractivity contribution in [3.8, 4) is 5.75 Å². The van der Waals surface area contributed by atoms with Crippen molar-refractivity contribution in [1.29, 1.82) is 0 Å². The fraction of sp³-hybridized carbons (Fsp3) is 0.429. The standard InChI is InChI=1S/C21H24O5S/c1-14-5-8-16(9-6-14)27(22,23)25-19-11-12-21(20(19,3)26-21)17-13-15(2)7-10-18(17)24-4/h5-10,13,19H,11-12H2,1-4H3/t19-,20-,21-/m1/s1. The first-order valence-corrected chi connectivity index (χ1v) is 10.5. The summed E-state index contributed by atoms with van der Waals surface area (Å²) in [6.07, 6.45) is 0.768. The Kier molecular flexibility index (Phi) is 4.14. The number of aryl methyl sites for hydroxylation is 2. The van der Waals surface area contributed by atoms with E-state index in [4.69, 9.17) is 13.7 Å². The minimum Gasteiger partial charge on any atom is -0.496 e. The Bertz CT molecular complexity index is 978. The van der Waals surface area contributed by atoms with Crippen molar-refractivity contribution in [2.24, 2.45) is 0 Å². The Balaban J connectivity index is 1.62. The Morgan fingerprint density at radius 1 is 1.07 bits per heavy atom. The molecule has 1 aliphatic heterocycles. The van der Waals surface area contributed by atoms with Gasteiger partial charge in [-0.1, -0.05) is 29.3 Å². The molecular formula is C21H24O5S. The van der Waals surface area contributed by atoms with Gasteiger partial charge in [-0.3, -0.25) is 4.18 Å². The number of ether oxygens (including phenoxy) is 2. The Hall–Kier alpha value is -1.89. The summed E-state index contributed by atoms with van der Waals surface area (Å²) in [6, 6.07) is 12.7. The lowest BCUT2D eigenvalue weighted by Gasteiger charge is -2.18. The maximum Gasteiger partial charge on any atom is 0.297 e. The monoisotopic (exact) mass is 388 g/mol. The second kappa shape index (κ2) is 6.06. The minimum absolute atomic E-state index is 0.169. The Labute approximate surface area is 160 Å². The van der Waals surface area contributed by atoms with Crippen LogP contribution in [0, 0.1) is 13.8 Å². The average molecular weight is 388 g/mol. The number of methoxy groups -OCH3 is 1. The van der Waals surface area contributed by atoms with Crippen LogP contribution in [0.1, 0.15) is 36.5 Å². The molecule has 144 valence electrons. The highest BCUT2D eigenvalue weighted by Crippen LogP contribution is 2.68. The molecule has 2 aromatic rings. The van der Waals surface area contributed by atoms with Gasteiger partial charge in [-0.25, -0.2) is 0 Å². The third kappa shape index (κ3) is 2.78. The summed E-state index contributed by atoms with van der Waals surface area (Å²) in [6.45, 7) is 5.86. The van der Waals surface area contributed by atoms with Gasteiger partial charge in [0.05, 0.1) is 12.0 Å². The molecule has 2 aromatic carbocycles. The van der Waals surface area contributed by atoms with Crippen molar-refractivity contribution >= 4 is 10.1 Å². The molecule has 3 atom stereocenters. The van der Waals surface area contributed by atoms with Crippen molar-refractivity contribution in [3.05, 3.63) is 59.2 Å². The van der Waals surface area contributed by atoms with Gasteiger partial charge in [0.1, 0.15) is 23.1 Å². The molecule has 2 fully saturated rings. The van der Waals surface area contributed by atoms with Gasteiger partial charge in [-0.05, 0) is 57.9 Å². The zero-order valence-electron chi connectivity index (χ0n) is 16.0. The van der Waals surface area contributed by atoms with E-state index in [9.17, 15) is 8.42 Å². The van der Waals surface area contributed by atoms with Crippen molar-refractivity contribution in [1.82, 2.24) is 0 Å². The predicted molar refractivity (Wildman–Crippen MR) is 101 cm³/mol. The zero-order chi connectivity index (χ0) is 19.4. The van der Waals surface area contributed by atoms with Crippen LogP contribution in [0.15, 0.2) is 47.4 Å². The fourth-order valence-electron chi connectivity index (χ4n) is 4.22. The van der Waals surface area contributed by atoms with Crippen molar-refractivity contribution in [3.63, 3.8) is 0 Å². The maximum atomic E-state index is 12.7. The van der Waals surface area contributed by atoms with Gasteiger partial charge in [0.2, 0.25) is 0 Å². The van der Waals surface area contributed by atoms with E-state index in [2.05, 4.69) is 6.07 Å². The highest BCUT2D eigenvalue weighted by Gasteiger charge is 2.76. The Morgan fingerprint density at radius 3 is 2.37 bits per heavy atom. The first-order chi connectivity index (χ1) is 12.7. The summed E-state index contributed by atoms with van der Waals surface area (Å²) < 4.78 is 42.8. The summed E-state index contributed by atoms with van der Waals surface area (Å²) >= 11 is 0. The molecule has 0 spiro atoms. The lowest BCUT2D eigenvalue weighted by Crippen LogP contribution is -2.31. The zero-order valence-corrected chi connectivity index (χ0v) is 16.8. The highest BCUT2D eigenvalue weighted by molar-refractivity contribution is 7.86. The molecule has 0 N–H and O–H groups in total. The van der Waals surface area contributed by atoms with Crippen molar-refractivity contribution in [2.45, 2.75) is 55.8 Å². The fourth-order valence-corrected chi connectivity index (χ4v) is 5.39. The number of epoxide rings is 1. The number of rotatable bonds is 5. The molecule has 0 bridgehead atoms. The molecule has 0 aromatic heterocycles. The van der Waals surface area contributed by atoms with E-state index in [1.54, 1.807) is 31.4 Å². The smallest absolute Gasteiger partial charge is 0.297 e. The molecule has 0 amide bonds. The third-order valence-corrected chi connectivity index (χ3v) is 7.20. The maximum absolute atomic E-state index is 12.7. The van der Waals surface area contributed by atoms with Gasteiger partial charge >= 0.3 is 0 Å². The normalized spacial score (nSPS) is 29.4. The molecule has 0 radical (unpaired) electrons. The van der Waals surface area contributed by atoms with Gasteiger partial charge in [-0.2, -0.15) is 8.42 Å². The van der Waals surface area contributed by atoms with Crippen LogP contribution in [-0.2, 0) is 24.6 Å². The van der Waals surface area contributed by atoms with Crippen LogP contribution in [0.3, 0.4) is 0 Å². The van der Waals surface area contributed by atoms with Gasteiger partial charge in [-0.15, -0.1) is 0 Å². The van der Waals surface area contributed by atoms with Gasteiger partial charge < -0.3 is 9.47 Å². The molecule has 1 heterocycles. The summed E-state index contributed by atoms with van der Waals surface area (Å²) in [5.41, 5.74) is 1.82. The molecule has 5 nitrogen and oxygen atoms in total. The molecule has 6 heteroatoms. The van der Waals surface area contributed by atoms with Crippen LogP contribution < -0.4 is 4.74 Å². The molecule has 2 aliphatic rings. The van der Waals surface area contributed by atoms with Crippen LogP contribution in [-0.4, -0.2) is 27.2 Å². The third-order valence-electron chi connectivity index (χ3n) is 5.86. The Morgan fingerprint density at radius 2 is 1.74 bits per heavy atom. The predicted octanol–water partition coefficient (Wildman–Crippen LogP) is 3.86. The quantitative estimate of drug-likeness (QED) is 0.575. The van der Waals surface area contributed by atoms with Crippen molar-refractivity contribution in [2.75, 3.05) is 7.11 Å². The summed E-state index contributed by atoms with van der Waals surface area (Å²) in [5, 5.41) is 0. The van der Waals surface area contributed by atoms with E-state index >= 15 is 0 Å². The van der Waals surface area contributed by atoms with E-state index in [0.29, 0.717) is 12.8 Å². The van der Waals surface area contributed by atoms with Gasteiger partial charge in [0, 0.05) is 5.56 Å². The van der Waals surface area contributed by atoms with Crippen molar-refractivity contribution < 1.29 is 22.1 Å². The number of benzene rings is 2. The number of fused-ring (bicyclic) bond motifs is 1. The minimum atomic E-state index is -3.85. The highest BCUT2D eigenvalue weighted by atomic mass is 32.2. The molecule has 0 unspecified atom stereocenters. The summed E-state index contributed by atoms with van der Waals surface area (Å²) in [4.78, 5) is 0.169. The lowest BCUT2D eigenvalue weighted by molar-refractivity contribution is 0.0934. The second-order valence-electron chi connectivity index (χ2n) is 7.63. The molecule has 4 rings (SSSR count). The topological polar surface area (TPSA) is 65.1 Å². The second-order valence-corrected chi connectivity index (χ2v) is 9.20. The van der Waals surface area contributed by atoms with Crippen LogP contribution in [0.25, 0.3) is 0 Å². The number of hydrogen-bond donors (Lipinski definition) is 0. The molecule has 1 saturated carbocycles. The molecule has 1 aliphatic carbocycles. The van der Waals surface area contributed by atoms with Crippen LogP contribution in [0.2, 0.25) is 0 Å². The lowest BCUT2D eigenvalue weighted by atomic mass is 9.88. The SMILES string of the molecule is COc1ccc(C)cc1[C@]12CC[C@@H](OS(=O)(=O)c3ccc(C)cc3)[C@@]1(C)O2. The van der Waals surface area contributed by atoms with Crippen LogP contribution in [0.4, 0.5) is 0 Å². The largest absolute Gasteiger partial charge is 0.496 e. The van der Waals surface area contributed by atoms with E-state index in [1.165, 1.54) is 0 Å². The first-order valence-electron chi connectivity index (χ1n) is 9.07. The first kappa shape index (κ1) is 18.5. The van der Waals surface area contributed by atoms with E-state index in [1.807, 2.05) is 32.9 Å². The van der Waals surface area contributed by atoms with E-state index in [-0.39, 0.29) is 4.90 Å². The van der Waals surface area contributed by atoms with E-state index < -0.39 is 27.4 Å². The summed E-state index contributed by atoms with van der Waals surface area (Å²) in [5.74, 6) is 0.756. The molecule has 27 heavy (non-hydrogen) atoms. The average Bonchev–Trinajstić information content (AvgIpc) is 3.17. The van der Waals surface area contributed by atoms with Crippen LogP contribution in [0.5, 0.6) is 5.75 Å². The van der Waals surface area contributed by atoms with E-state index in [0.717, 1.165) is 22.4 Å². The molecular weight excluding hydrogens is 364 g/mol. The van der Waals surface area contributed by atoms with Crippen LogP contribution >= 0.6 is 0 Å². The van der Waals surface area contributed by atoms with Gasteiger partial charge in [0.15, 0.2) is 0 Å². The molecule has 1 saturated heterocycles. The van der Waals surface area contributed by atoms with Gasteiger partial charge in [0.25, 0.3) is 10.1 Å².